The predicted molar refractivity (Wildman–Crippen MR) is 108 cm³/mol. The van der Waals surface area contributed by atoms with Crippen LogP contribution in [-0.2, 0) is 16.1 Å². The van der Waals surface area contributed by atoms with Gasteiger partial charge in [-0.2, -0.15) is 0 Å². The minimum absolute atomic E-state index is 0.0117. The molecule has 0 bridgehead atoms. The molecule has 1 aliphatic rings. The second-order valence-electron chi connectivity index (χ2n) is 6.49. The van der Waals surface area contributed by atoms with Crippen molar-refractivity contribution in [3.8, 4) is 5.75 Å². The van der Waals surface area contributed by atoms with Gasteiger partial charge in [0, 0.05) is 34.3 Å². The van der Waals surface area contributed by atoms with Gasteiger partial charge in [0.2, 0.25) is 0 Å². The Morgan fingerprint density at radius 1 is 1.21 bits per heavy atom. The summed E-state index contributed by atoms with van der Waals surface area (Å²) in [5.41, 5.74) is 1.05. The fourth-order valence-corrected chi connectivity index (χ4v) is 3.18. The highest BCUT2D eigenvalue weighted by molar-refractivity contribution is 6.33. The molecule has 1 heterocycles. The fraction of sp³-hybridized carbons (Fsp3) is 0.300. The zero-order valence-electron chi connectivity index (χ0n) is 15.4. The minimum Gasteiger partial charge on any atom is -0.508 e. The average molecular weight is 439 g/mol. The molecule has 0 unspecified atom stereocenters. The van der Waals surface area contributed by atoms with Crippen molar-refractivity contribution in [2.24, 2.45) is 0 Å². The van der Waals surface area contributed by atoms with E-state index in [4.69, 9.17) is 32.7 Å². The first-order valence-corrected chi connectivity index (χ1v) is 9.72. The molecule has 2 aromatic rings. The maximum atomic E-state index is 12.4. The maximum absolute atomic E-state index is 12.4. The molecule has 2 aromatic carbocycles. The molecule has 1 atom stereocenters. The van der Waals surface area contributed by atoms with Gasteiger partial charge in [-0.25, -0.2) is 4.79 Å². The Labute approximate surface area is 178 Å². The Morgan fingerprint density at radius 3 is 2.72 bits per heavy atom. The molecule has 2 N–H and O–H groups in total. The summed E-state index contributed by atoms with van der Waals surface area (Å²) in [6, 6.07) is 10.9. The third-order valence-corrected chi connectivity index (χ3v) is 4.98. The number of amides is 2. The zero-order valence-corrected chi connectivity index (χ0v) is 16.9. The van der Waals surface area contributed by atoms with Crippen LogP contribution in [-0.4, -0.2) is 54.4 Å². The highest BCUT2D eigenvalue weighted by Gasteiger charge is 2.26. The van der Waals surface area contributed by atoms with Crippen LogP contribution in [0.2, 0.25) is 10.0 Å². The topological polar surface area (TPSA) is 88.1 Å². The van der Waals surface area contributed by atoms with Crippen molar-refractivity contribution in [3.63, 3.8) is 0 Å². The summed E-state index contributed by atoms with van der Waals surface area (Å²) in [7, 11) is 0. The van der Waals surface area contributed by atoms with Crippen LogP contribution < -0.4 is 5.32 Å². The van der Waals surface area contributed by atoms with E-state index in [1.165, 1.54) is 29.2 Å². The van der Waals surface area contributed by atoms with E-state index < -0.39 is 6.09 Å². The monoisotopic (exact) mass is 438 g/mol. The number of nitrogens with zero attached hydrogens (tertiary/aromatic N) is 1. The van der Waals surface area contributed by atoms with Gasteiger partial charge < -0.3 is 24.8 Å². The van der Waals surface area contributed by atoms with Crippen molar-refractivity contribution in [1.29, 1.82) is 0 Å². The Morgan fingerprint density at radius 2 is 1.97 bits per heavy atom. The quantitative estimate of drug-likeness (QED) is 0.745. The van der Waals surface area contributed by atoms with E-state index in [1.54, 1.807) is 18.2 Å². The molecule has 9 heteroatoms. The number of rotatable bonds is 5. The van der Waals surface area contributed by atoms with E-state index in [0.29, 0.717) is 34.3 Å². The van der Waals surface area contributed by atoms with Gasteiger partial charge >= 0.3 is 6.09 Å². The molecular weight excluding hydrogens is 419 g/mol. The van der Waals surface area contributed by atoms with Gasteiger partial charge in [0.1, 0.15) is 12.4 Å². The number of phenols is 1. The van der Waals surface area contributed by atoms with Crippen LogP contribution in [0, 0.1) is 0 Å². The van der Waals surface area contributed by atoms with E-state index in [-0.39, 0.29) is 37.5 Å². The molecular formula is C20H20Cl2N2O5. The highest BCUT2D eigenvalue weighted by Crippen LogP contribution is 2.21. The molecule has 7 nitrogen and oxygen atoms in total. The molecule has 0 aromatic heterocycles. The molecule has 0 radical (unpaired) electrons. The standard InChI is InChI=1S/C20H20Cl2N2O5/c21-15-3-6-18(22)14(9-15)12-29-20(27)24-7-8-28-17(11-24)10-23-19(26)13-1-4-16(25)5-2-13/h1-6,9,17,25H,7-8,10-12H2,(H,23,26)/t17-/m1/s1. The smallest absolute Gasteiger partial charge is 0.410 e. The first-order valence-electron chi connectivity index (χ1n) is 8.97. The molecule has 29 heavy (non-hydrogen) atoms. The number of halogens is 2. The Kier molecular flexibility index (Phi) is 7.19. The zero-order chi connectivity index (χ0) is 20.8. The fourth-order valence-electron chi connectivity index (χ4n) is 2.81. The maximum Gasteiger partial charge on any atom is 0.410 e. The van der Waals surface area contributed by atoms with Crippen LogP contribution in [0.5, 0.6) is 5.75 Å². The molecule has 154 valence electrons. The van der Waals surface area contributed by atoms with Gasteiger partial charge in [0.25, 0.3) is 5.91 Å². The predicted octanol–water partition coefficient (Wildman–Crippen LogP) is 3.47. The molecule has 2 amide bonds. The minimum atomic E-state index is -0.487. The van der Waals surface area contributed by atoms with Gasteiger partial charge in [-0.3, -0.25) is 4.79 Å². The van der Waals surface area contributed by atoms with Crippen LogP contribution in [0.3, 0.4) is 0 Å². The molecule has 1 saturated heterocycles. The summed E-state index contributed by atoms with van der Waals surface area (Å²) in [6.45, 7) is 1.27. The van der Waals surface area contributed by atoms with Crippen LogP contribution in [0.4, 0.5) is 4.79 Å². The summed E-state index contributed by atoms with van der Waals surface area (Å²) in [6.07, 6.45) is -0.841. The first-order chi connectivity index (χ1) is 13.9. The van der Waals surface area contributed by atoms with E-state index in [1.807, 2.05) is 0 Å². The van der Waals surface area contributed by atoms with Gasteiger partial charge in [-0.15, -0.1) is 0 Å². The molecule has 0 aliphatic carbocycles. The normalized spacial score (nSPS) is 16.3. The molecule has 3 rings (SSSR count). The number of carbonyl (C=O) groups excluding carboxylic acids is 2. The Bertz CT molecular complexity index is 876. The summed E-state index contributed by atoms with van der Waals surface area (Å²) in [4.78, 5) is 26.0. The number of phenolic OH excluding ortho intramolecular Hbond substituents is 1. The van der Waals surface area contributed by atoms with Crippen molar-refractivity contribution < 1.29 is 24.2 Å². The van der Waals surface area contributed by atoms with Crippen LogP contribution in [0.25, 0.3) is 0 Å². The highest BCUT2D eigenvalue weighted by atomic mass is 35.5. The second-order valence-corrected chi connectivity index (χ2v) is 7.33. The third kappa shape index (κ3) is 6.00. The number of carbonyl (C=O) groups is 2. The third-order valence-electron chi connectivity index (χ3n) is 4.38. The summed E-state index contributed by atoms with van der Waals surface area (Å²) < 4.78 is 11.0. The lowest BCUT2D eigenvalue weighted by atomic mass is 10.2. The van der Waals surface area contributed by atoms with Crippen molar-refractivity contribution in [2.75, 3.05) is 26.2 Å². The van der Waals surface area contributed by atoms with Crippen molar-refractivity contribution in [1.82, 2.24) is 10.2 Å². The number of hydrogen-bond donors (Lipinski definition) is 2. The summed E-state index contributed by atoms with van der Waals surface area (Å²) in [5.74, 6) is -0.200. The number of morpholine rings is 1. The lowest BCUT2D eigenvalue weighted by molar-refractivity contribution is -0.0263. The molecule has 0 spiro atoms. The van der Waals surface area contributed by atoms with E-state index in [9.17, 15) is 14.7 Å². The Balaban J connectivity index is 1.48. The van der Waals surface area contributed by atoms with E-state index in [2.05, 4.69) is 5.32 Å². The van der Waals surface area contributed by atoms with Crippen LogP contribution in [0.1, 0.15) is 15.9 Å². The SMILES string of the molecule is O=C(NC[C@@H]1CN(C(=O)OCc2cc(Cl)ccc2Cl)CCO1)c1ccc(O)cc1. The van der Waals surface area contributed by atoms with Gasteiger partial charge in [0.15, 0.2) is 0 Å². The van der Waals surface area contributed by atoms with Crippen LogP contribution in [0.15, 0.2) is 42.5 Å². The summed E-state index contributed by atoms with van der Waals surface area (Å²) in [5, 5.41) is 13.0. The van der Waals surface area contributed by atoms with Crippen LogP contribution >= 0.6 is 23.2 Å². The van der Waals surface area contributed by atoms with E-state index in [0.717, 1.165) is 0 Å². The average Bonchev–Trinajstić information content (AvgIpc) is 2.73. The summed E-state index contributed by atoms with van der Waals surface area (Å²) >= 11 is 12.0. The van der Waals surface area contributed by atoms with Crippen molar-refractivity contribution in [2.45, 2.75) is 12.7 Å². The van der Waals surface area contributed by atoms with Gasteiger partial charge in [-0.1, -0.05) is 23.2 Å². The molecule has 0 saturated carbocycles. The largest absolute Gasteiger partial charge is 0.508 e. The number of nitrogens with one attached hydrogen (secondary N) is 1. The number of ether oxygens (including phenoxy) is 2. The lowest BCUT2D eigenvalue weighted by Crippen LogP contribution is -2.49. The Hall–Kier alpha value is -2.48. The van der Waals surface area contributed by atoms with Gasteiger partial charge in [0.05, 0.1) is 19.3 Å². The second kappa shape index (κ2) is 9.82. The number of benzene rings is 2. The van der Waals surface area contributed by atoms with E-state index >= 15 is 0 Å². The molecule has 1 aliphatic heterocycles. The first kappa shape index (κ1) is 21.2. The lowest BCUT2D eigenvalue weighted by Gasteiger charge is -2.32. The van der Waals surface area contributed by atoms with Gasteiger partial charge in [-0.05, 0) is 42.5 Å². The molecule has 1 fully saturated rings. The number of aromatic hydroxyl groups is 1. The van der Waals surface area contributed by atoms with Crippen molar-refractivity contribution >= 4 is 35.2 Å². The number of hydrogen-bond acceptors (Lipinski definition) is 5. The van der Waals surface area contributed by atoms with Crippen molar-refractivity contribution in [3.05, 3.63) is 63.6 Å².